The normalized spacial score (nSPS) is 18.8. The van der Waals surface area contributed by atoms with Crippen molar-refractivity contribution in [2.45, 2.75) is 59.8 Å². The molecule has 0 heteroatoms. The minimum atomic E-state index is 0.617. The number of rotatable bonds is 5. The van der Waals surface area contributed by atoms with Crippen LogP contribution < -0.4 is 0 Å². The van der Waals surface area contributed by atoms with E-state index in [9.17, 15) is 0 Å². The van der Waals surface area contributed by atoms with E-state index in [4.69, 9.17) is 0 Å². The molecule has 0 aromatic heterocycles. The first-order valence-corrected chi connectivity index (χ1v) is 5.49. The third-order valence-electron chi connectivity index (χ3n) is 2.94. The molecule has 0 amide bonds. The van der Waals surface area contributed by atoms with Gasteiger partial charge in [0, 0.05) is 0 Å². The number of hydrogen-bond donors (Lipinski definition) is 0. The van der Waals surface area contributed by atoms with Gasteiger partial charge >= 0.3 is 0 Å². The summed E-state index contributed by atoms with van der Waals surface area (Å²) < 4.78 is 0. The van der Waals surface area contributed by atoms with E-state index in [0.717, 1.165) is 11.8 Å². The van der Waals surface area contributed by atoms with Crippen molar-refractivity contribution < 1.29 is 0 Å². The molecule has 0 unspecified atom stereocenters. The first kappa shape index (κ1) is 10.1. The summed E-state index contributed by atoms with van der Waals surface area (Å²) in [6, 6.07) is 0. The third-order valence-corrected chi connectivity index (χ3v) is 2.94. The van der Waals surface area contributed by atoms with Crippen molar-refractivity contribution in [3.63, 3.8) is 0 Å². The lowest BCUT2D eigenvalue weighted by Crippen LogP contribution is -2.13. The summed E-state index contributed by atoms with van der Waals surface area (Å²) in [6.45, 7) is 9.53. The van der Waals surface area contributed by atoms with Crippen LogP contribution >= 0.6 is 0 Å². The molecule has 72 valence electrons. The average Bonchev–Trinajstić information content (AvgIpc) is 2.67. The second-order valence-corrected chi connectivity index (χ2v) is 5.74. The molecular formula is C12H24. The summed E-state index contributed by atoms with van der Waals surface area (Å²) in [4.78, 5) is 0. The molecule has 1 aliphatic rings. The van der Waals surface area contributed by atoms with Crippen molar-refractivity contribution in [3.8, 4) is 0 Å². The van der Waals surface area contributed by atoms with Gasteiger partial charge in [-0.2, -0.15) is 0 Å². The van der Waals surface area contributed by atoms with Crippen LogP contribution in [-0.4, -0.2) is 0 Å². The van der Waals surface area contributed by atoms with Crippen molar-refractivity contribution >= 4 is 0 Å². The van der Waals surface area contributed by atoms with Gasteiger partial charge in [0.2, 0.25) is 0 Å². The molecule has 0 N–H and O–H groups in total. The lowest BCUT2D eigenvalue weighted by atomic mass is 9.81. The quantitative estimate of drug-likeness (QED) is 0.575. The van der Waals surface area contributed by atoms with Crippen LogP contribution in [0.3, 0.4) is 0 Å². The van der Waals surface area contributed by atoms with Crippen molar-refractivity contribution in [1.82, 2.24) is 0 Å². The van der Waals surface area contributed by atoms with Crippen LogP contribution in [0.4, 0.5) is 0 Å². The Labute approximate surface area is 77.7 Å². The van der Waals surface area contributed by atoms with Crippen LogP contribution in [0.1, 0.15) is 59.8 Å². The Morgan fingerprint density at radius 1 is 1.25 bits per heavy atom. The van der Waals surface area contributed by atoms with Crippen molar-refractivity contribution in [1.29, 1.82) is 0 Å². The standard InChI is InChI=1S/C12H24/c1-10(2)7-8-12(3,4)9-11-5-6-11/h10-11H,5-9H2,1-4H3. The van der Waals surface area contributed by atoms with Crippen LogP contribution in [0.15, 0.2) is 0 Å². The first-order valence-electron chi connectivity index (χ1n) is 5.49. The van der Waals surface area contributed by atoms with Crippen molar-refractivity contribution in [2.75, 3.05) is 0 Å². The van der Waals surface area contributed by atoms with E-state index in [1.165, 1.54) is 32.1 Å². The fraction of sp³-hybridized carbons (Fsp3) is 1.00. The largest absolute Gasteiger partial charge is 0.0628 e. The van der Waals surface area contributed by atoms with E-state index < -0.39 is 0 Å². The van der Waals surface area contributed by atoms with E-state index in [1.54, 1.807) is 0 Å². The van der Waals surface area contributed by atoms with Gasteiger partial charge in [-0.1, -0.05) is 47.0 Å². The highest BCUT2D eigenvalue weighted by molar-refractivity contribution is 4.81. The Kier molecular flexibility index (Phi) is 3.20. The zero-order valence-electron chi connectivity index (χ0n) is 9.19. The van der Waals surface area contributed by atoms with Gasteiger partial charge in [0.15, 0.2) is 0 Å². The summed E-state index contributed by atoms with van der Waals surface area (Å²) in [6.07, 6.45) is 7.30. The molecule has 0 aromatic rings. The van der Waals surface area contributed by atoms with Gasteiger partial charge in [0.1, 0.15) is 0 Å². The molecule has 0 bridgehead atoms. The van der Waals surface area contributed by atoms with Gasteiger partial charge in [-0.05, 0) is 30.1 Å². The molecule has 0 radical (unpaired) electrons. The molecule has 1 aliphatic carbocycles. The van der Waals surface area contributed by atoms with Crippen LogP contribution in [0, 0.1) is 17.3 Å². The Morgan fingerprint density at radius 3 is 2.25 bits per heavy atom. The van der Waals surface area contributed by atoms with E-state index in [0.29, 0.717) is 5.41 Å². The lowest BCUT2D eigenvalue weighted by molar-refractivity contribution is 0.267. The maximum absolute atomic E-state index is 2.44. The molecule has 0 aliphatic heterocycles. The molecule has 0 spiro atoms. The molecular weight excluding hydrogens is 144 g/mol. The molecule has 1 saturated carbocycles. The molecule has 0 aromatic carbocycles. The molecule has 0 heterocycles. The lowest BCUT2D eigenvalue weighted by Gasteiger charge is -2.25. The summed E-state index contributed by atoms with van der Waals surface area (Å²) in [7, 11) is 0. The predicted octanol–water partition coefficient (Wildman–Crippen LogP) is 4.25. The van der Waals surface area contributed by atoms with Crippen LogP contribution in [-0.2, 0) is 0 Å². The topological polar surface area (TPSA) is 0 Å². The van der Waals surface area contributed by atoms with Crippen LogP contribution in [0.2, 0.25) is 0 Å². The Hall–Kier alpha value is 0. The smallest absolute Gasteiger partial charge is 0.0351 e. The van der Waals surface area contributed by atoms with Gasteiger partial charge < -0.3 is 0 Å². The Bertz CT molecular complexity index is 129. The molecule has 0 nitrogen and oxygen atoms in total. The second kappa shape index (κ2) is 3.81. The first-order chi connectivity index (χ1) is 5.49. The van der Waals surface area contributed by atoms with Gasteiger partial charge in [0.25, 0.3) is 0 Å². The monoisotopic (exact) mass is 168 g/mol. The molecule has 1 rings (SSSR count). The molecule has 0 saturated heterocycles. The average molecular weight is 168 g/mol. The van der Waals surface area contributed by atoms with Gasteiger partial charge in [-0.15, -0.1) is 0 Å². The van der Waals surface area contributed by atoms with Crippen LogP contribution in [0.5, 0.6) is 0 Å². The van der Waals surface area contributed by atoms with Crippen molar-refractivity contribution in [2.24, 2.45) is 17.3 Å². The van der Waals surface area contributed by atoms with E-state index in [-0.39, 0.29) is 0 Å². The Morgan fingerprint density at radius 2 is 1.83 bits per heavy atom. The summed E-state index contributed by atoms with van der Waals surface area (Å²) in [5.41, 5.74) is 0.617. The van der Waals surface area contributed by atoms with Crippen LogP contribution in [0.25, 0.3) is 0 Å². The maximum Gasteiger partial charge on any atom is -0.0351 e. The minimum absolute atomic E-state index is 0.617. The zero-order valence-corrected chi connectivity index (χ0v) is 9.19. The summed E-state index contributed by atoms with van der Waals surface area (Å²) in [5, 5.41) is 0. The third kappa shape index (κ3) is 4.13. The molecule has 12 heavy (non-hydrogen) atoms. The zero-order chi connectivity index (χ0) is 9.19. The number of hydrogen-bond acceptors (Lipinski definition) is 0. The second-order valence-electron chi connectivity index (χ2n) is 5.74. The highest BCUT2D eigenvalue weighted by Gasteiger charge is 2.29. The minimum Gasteiger partial charge on any atom is -0.0628 e. The van der Waals surface area contributed by atoms with E-state index in [2.05, 4.69) is 27.7 Å². The van der Waals surface area contributed by atoms with Gasteiger partial charge in [0.05, 0.1) is 0 Å². The Balaban J connectivity index is 2.16. The molecule has 1 fully saturated rings. The highest BCUT2D eigenvalue weighted by Crippen LogP contribution is 2.42. The SMILES string of the molecule is CC(C)CCC(C)(C)CC1CC1. The maximum atomic E-state index is 2.44. The highest BCUT2D eigenvalue weighted by atomic mass is 14.3. The van der Waals surface area contributed by atoms with Crippen molar-refractivity contribution in [3.05, 3.63) is 0 Å². The van der Waals surface area contributed by atoms with Gasteiger partial charge in [-0.25, -0.2) is 0 Å². The van der Waals surface area contributed by atoms with E-state index in [1.807, 2.05) is 0 Å². The van der Waals surface area contributed by atoms with E-state index >= 15 is 0 Å². The summed E-state index contributed by atoms with van der Waals surface area (Å²) >= 11 is 0. The van der Waals surface area contributed by atoms with Gasteiger partial charge in [-0.3, -0.25) is 0 Å². The summed E-state index contributed by atoms with van der Waals surface area (Å²) in [5.74, 6) is 1.97. The molecule has 0 atom stereocenters. The predicted molar refractivity (Wildman–Crippen MR) is 55.2 cm³/mol. The fourth-order valence-electron chi connectivity index (χ4n) is 1.88. The fourth-order valence-corrected chi connectivity index (χ4v) is 1.88.